The van der Waals surface area contributed by atoms with Gasteiger partial charge in [-0.1, -0.05) is 12.1 Å². The summed E-state index contributed by atoms with van der Waals surface area (Å²) in [4.78, 5) is 22.8. The van der Waals surface area contributed by atoms with Gasteiger partial charge in [0.2, 0.25) is 0 Å². The molecule has 0 bridgehead atoms. The van der Waals surface area contributed by atoms with Gasteiger partial charge in [0.15, 0.2) is 0 Å². The Bertz CT molecular complexity index is 522. The fourth-order valence-corrected chi connectivity index (χ4v) is 1.94. The van der Waals surface area contributed by atoms with E-state index < -0.39 is 23.7 Å². The monoisotopic (exact) mass is 309 g/mol. The number of carbonyl (C=O) groups excluding carboxylic acids is 1. The summed E-state index contributed by atoms with van der Waals surface area (Å²) in [7, 11) is 1.56. The van der Waals surface area contributed by atoms with Crippen LogP contribution in [0.5, 0.6) is 5.75 Å². The van der Waals surface area contributed by atoms with Crippen molar-refractivity contribution in [1.29, 1.82) is 0 Å². The highest BCUT2D eigenvalue weighted by Gasteiger charge is 2.21. The molecule has 0 aliphatic rings. The highest BCUT2D eigenvalue weighted by molar-refractivity contribution is 5.71. The molecule has 22 heavy (non-hydrogen) atoms. The van der Waals surface area contributed by atoms with Crippen molar-refractivity contribution < 1.29 is 24.2 Å². The van der Waals surface area contributed by atoms with Crippen LogP contribution in [0.1, 0.15) is 32.8 Å². The first-order chi connectivity index (χ1) is 10.2. The smallest absolute Gasteiger partial charge is 0.407 e. The number of benzene rings is 1. The third kappa shape index (κ3) is 6.97. The van der Waals surface area contributed by atoms with Crippen LogP contribution in [0.25, 0.3) is 0 Å². The molecule has 1 rings (SSSR count). The number of amides is 1. The number of hydrogen-bond donors (Lipinski definition) is 2. The van der Waals surface area contributed by atoms with Gasteiger partial charge in [0.05, 0.1) is 13.5 Å². The maximum atomic E-state index is 11.8. The number of carboxylic acids is 1. The summed E-state index contributed by atoms with van der Waals surface area (Å²) in [6.45, 7) is 5.25. The summed E-state index contributed by atoms with van der Waals surface area (Å²) >= 11 is 0. The zero-order valence-corrected chi connectivity index (χ0v) is 13.4. The van der Waals surface area contributed by atoms with Crippen LogP contribution in [-0.2, 0) is 16.0 Å². The number of nitrogens with one attached hydrogen (secondary N) is 1. The first-order valence-corrected chi connectivity index (χ1v) is 7.04. The van der Waals surface area contributed by atoms with E-state index in [0.29, 0.717) is 12.2 Å². The second-order valence-electron chi connectivity index (χ2n) is 6.00. The van der Waals surface area contributed by atoms with Crippen LogP contribution >= 0.6 is 0 Å². The van der Waals surface area contributed by atoms with Crippen molar-refractivity contribution in [3.63, 3.8) is 0 Å². The Hall–Kier alpha value is -2.24. The molecule has 1 amide bonds. The van der Waals surface area contributed by atoms with Gasteiger partial charge in [-0.25, -0.2) is 4.79 Å². The van der Waals surface area contributed by atoms with Crippen molar-refractivity contribution in [2.45, 2.75) is 45.3 Å². The van der Waals surface area contributed by atoms with Gasteiger partial charge in [-0.05, 0) is 44.9 Å². The lowest BCUT2D eigenvalue weighted by Crippen LogP contribution is -2.41. The van der Waals surface area contributed by atoms with Crippen LogP contribution in [-0.4, -0.2) is 35.9 Å². The molecule has 0 saturated heterocycles. The Labute approximate surface area is 130 Å². The van der Waals surface area contributed by atoms with Gasteiger partial charge in [-0.3, -0.25) is 4.79 Å². The lowest BCUT2D eigenvalue weighted by atomic mass is 10.0. The predicted molar refractivity (Wildman–Crippen MR) is 82.1 cm³/mol. The lowest BCUT2D eigenvalue weighted by molar-refractivity contribution is -0.137. The van der Waals surface area contributed by atoms with Gasteiger partial charge in [0.1, 0.15) is 11.4 Å². The van der Waals surface area contributed by atoms with Crippen LogP contribution in [0.15, 0.2) is 24.3 Å². The third-order valence-corrected chi connectivity index (χ3v) is 2.76. The first kappa shape index (κ1) is 17.8. The van der Waals surface area contributed by atoms with E-state index in [0.717, 1.165) is 5.56 Å². The van der Waals surface area contributed by atoms with Crippen LogP contribution in [0, 0.1) is 0 Å². The summed E-state index contributed by atoms with van der Waals surface area (Å²) in [5.74, 6) is -0.298. The van der Waals surface area contributed by atoms with Crippen molar-refractivity contribution in [2.75, 3.05) is 7.11 Å². The van der Waals surface area contributed by atoms with Crippen molar-refractivity contribution >= 4 is 12.1 Å². The molecule has 0 spiro atoms. The normalized spacial score (nSPS) is 12.4. The van der Waals surface area contributed by atoms with E-state index in [2.05, 4.69) is 5.32 Å². The molecule has 0 unspecified atom stereocenters. The number of carbonyl (C=O) groups is 2. The van der Waals surface area contributed by atoms with Crippen molar-refractivity contribution in [3.05, 3.63) is 29.8 Å². The van der Waals surface area contributed by atoms with Gasteiger partial charge in [0, 0.05) is 6.04 Å². The zero-order chi connectivity index (χ0) is 16.8. The van der Waals surface area contributed by atoms with E-state index in [1.807, 2.05) is 18.2 Å². The SMILES string of the molecule is COc1cccc(C[C@H](CC(=O)O)NC(=O)OC(C)(C)C)c1. The van der Waals surface area contributed by atoms with Crippen molar-refractivity contribution in [2.24, 2.45) is 0 Å². The first-order valence-electron chi connectivity index (χ1n) is 7.04. The average molecular weight is 309 g/mol. The summed E-state index contributed by atoms with van der Waals surface area (Å²) in [6.07, 6.45) is -0.430. The number of hydrogen-bond acceptors (Lipinski definition) is 4. The second-order valence-corrected chi connectivity index (χ2v) is 6.00. The van der Waals surface area contributed by atoms with E-state index in [1.54, 1.807) is 33.9 Å². The van der Waals surface area contributed by atoms with E-state index in [4.69, 9.17) is 14.6 Å². The van der Waals surface area contributed by atoms with Gasteiger partial charge in [0.25, 0.3) is 0 Å². The van der Waals surface area contributed by atoms with Crippen molar-refractivity contribution in [3.8, 4) is 5.75 Å². The summed E-state index contributed by atoms with van der Waals surface area (Å²) in [5.41, 5.74) is 0.245. The maximum Gasteiger partial charge on any atom is 0.407 e. The minimum atomic E-state index is -0.982. The number of alkyl carbamates (subject to hydrolysis) is 1. The second kappa shape index (κ2) is 7.68. The minimum absolute atomic E-state index is 0.184. The Morgan fingerprint density at radius 1 is 1.32 bits per heavy atom. The minimum Gasteiger partial charge on any atom is -0.497 e. The molecule has 0 fully saturated rings. The Morgan fingerprint density at radius 3 is 2.55 bits per heavy atom. The van der Waals surface area contributed by atoms with Gasteiger partial charge < -0.3 is 19.9 Å². The molecule has 0 aliphatic heterocycles. The third-order valence-electron chi connectivity index (χ3n) is 2.76. The molecule has 0 saturated carbocycles. The molecule has 122 valence electrons. The van der Waals surface area contributed by atoms with Gasteiger partial charge in [-0.15, -0.1) is 0 Å². The van der Waals surface area contributed by atoms with Crippen LogP contribution in [0.3, 0.4) is 0 Å². The highest BCUT2D eigenvalue weighted by Crippen LogP contribution is 2.15. The van der Waals surface area contributed by atoms with Crippen LogP contribution < -0.4 is 10.1 Å². The molecular formula is C16H23NO5. The standard InChI is InChI=1S/C16H23NO5/c1-16(2,3)22-15(20)17-12(10-14(18)19)8-11-6-5-7-13(9-11)21-4/h5-7,9,12H,8,10H2,1-4H3,(H,17,20)(H,18,19)/t12-/m1/s1. The number of aliphatic carboxylic acids is 1. The fraction of sp³-hybridized carbons (Fsp3) is 0.500. The molecule has 1 aromatic rings. The fourth-order valence-electron chi connectivity index (χ4n) is 1.94. The number of rotatable bonds is 6. The van der Waals surface area contributed by atoms with E-state index in [1.165, 1.54) is 0 Å². The van der Waals surface area contributed by atoms with E-state index >= 15 is 0 Å². The molecule has 0 radical (unpaired) electrons. The zero-order valence-electron chi connectivity index (χ0n) is 13.4. The van der Waals surface area contributed by atoms with Gasteiger partial charge in [-0.2, -0.15) is 0 Å². The molecule has 6 nitrogen and oxygen atoms in total. The maximum absolute atomic E-state index is 11.8. The average Bonchev–Trinajstić information content (AvgIpc) is 2.35. The van der Waals surface area contributed by atoms with E-state index in [-0.39, 0.29) is 6.42 Å². The number of ether oxygens (including phenoxy) is 2. The van der Waals surface area contributed by atoms with Gasteiger partial charge >= 0.3 is 12.1 Å². The summed E-state index contributed by atoms with van der Waals surface area (Å²) < 4.78 is 10.3. The number of methoxy groups -OCH3 is 1. The Balaban J connectivity index is 2.75. The summed E-state index contributed by atoms with van der Waals surface area (Å²) in [5, 5.41) is 11.6. The molecule has 0 aromatic heterocycles. The number of carboxylic acid groups (broad SMARTS) is 1. The predicted octanol–water partition coefficient (Wildman–Crippen LogP) is 2.61. The Morgan fingerprint density at radius 2 is 2.00 bits per heavy atom. The largest absolute Gasteiger partial charge is 0.497 e. The highest BCUT2D eigenvalue weighted by atomic mass is 16.6. The quantitative estimate of drug-likeness (QED) is 0.843. The molecular weight excluding hydrogens is 286 g/mol. The van der Waals surface area contributed by atoms with Crippen LogP contribution in [0.4, 0.5) is 4.79 Å². The Kier molecular flexibility index (Phi) is 6.22. The van der Waals surface area contributed by atoms with E-state index in [9.17, 15) is 9.59 Å². The topological polar surface area (TPSA) is 84.9 Å². The van der Waals surface area contributed by atoms with Crippen LogP contribution in [0.2, 0.25) is 0 Å². The molecule has 1 atom stereocenters. The molecule has 1 aromatic carbocycles. The molecule has 0 aliphatic carbocycles. The molecule has 0 heterocycles. The lowest BCUT2D eigenvalue weighted by Gasteiger charge is -2.23. The van der Waals surface area contributed by atoms with Crippen molar-refractivity contribution in [1.82, 2.24) is 5.32 Å². The summed E-state index contributed by atoms with van der Waals surface area (Å²) in [6, 6.07) is 6.73. The molecule has 2 N–H and O–H groups in total. The molecule has 6 heteroatoms.